The quantitative estimate of drug-likeness (QED) is 0.109. The number of ketones is 1. The fourth-order valence-corrected chi connectivity index (χ4v) is 6.33. The van der Waals surface area contributed by atoms with Crippen LogP contribution in [-0.2, 0) is 24.9 Å². The zero-order valence-corrected chi connectivity index (χ0v) is 27.9. The van der Waals surface area contributed by atoms with Gasteiger partial charge in [0.1, 0.15) is 11.5 Å². The summed E-state index contributed by atoms with van der Waals surface area (Å²) in [5, 5.41) is 11.9. The van der Waals surface area contributed by atoms with E-state index in [0.29, 0.717) is 0 Å². The molecule has 0 unspecified atom stereocenters. The Morgan fingerprint density at radius 3 is 2.13 bits per heavy atom. The van der Waals surface area contributed by atoms with Gasteiger partial charge in [0.15, 0.2) is 5.78 Å². The third-order valence-electron chi connectivity index (χ3n) is 7.03. The van der Waals surface area contributed by atoms with Gasteiger partial charge in [-0.3, -0.25) is 4.79 Å². The second kappa shape index (κ2) is 14.2. The minimum absolute atomic E-state index is 0. The van der Waals surface area contributed by atoms with Gasteiger partial charge in [-0.15, -0.1) is 34.9 Å². The molecule has 2 aromatic carbocycles. The predicted molar refractivity (Wildman–Crippen MR) is 158 cm³/mol. The summed E-state index contributed by atoms with van der Waals surface area (Å²) >= 11 is 0. The number of carbonyl (C=O) groups is 1. The first-order chi connectivity index (χ1) is 18.0. The Bertz CT molecular complexity index is 1290. The molecule has 4 rings (SSSR count). The zero-order valence-electron chi connectivity index (χ0n) is 24.5. The maximum absolute atomic E-state index is 11.7. The number of fused-ring (bicyclic) bond motifs is 2. The van der Waals surface area contributed by atoms with Gasteiger partial charge in [-0.25, -0.2) is 0 Å². The molecule has 1 aliphatic rings. The molecular weight excluding hydrogens is 683 g/mol. The number of carbonyl (C=O) groups excluding carboxylic acids is 1. The van der Waals surface area contributed by atoms with Crippen molar-refractivity contribution in [1.29, 1.82) is 0 Å². The van der Waals surface area contributed by atoms with Gasteiger partial charge in [0.25, 0.3) is 0 Å². The van der Waals surface area contributed by atoms with Gasteiger partial charge in [0, 0.05) is 57.3 Å². The van der Waals surface area contributed by atoms with Crippen LogP contribution in [-0.4, -0.2) is 24.4 Å². The van der Waals surface area contributed by atoms with Crippen LogP contribution in [0.1, 0.15) is 64.5 Å². The van der Waals surface area contributed by atoms with Gasteiger partial charge in [0.2, 0.25) is 0 Å². The van der Waals surface area contributed by atoms with E-state index in [4.69, 9.17) is 8.85 Å². The summed E-state index contributed by atoms with van der Waals surface area (Å²) in [6, 6.07) is 13.8. The van der Waals surface area contributed by atoms with Gasteiger partial charge >= 0.3 is 8.56 Å². The third kappa shape index (κ3) is 8.26. The summed E-state index contributed by atoms with van der Waals surface area (Å²) in [5.74, 6) is 2.22. The van der Waals surface area contributed by atoms with Crippen LogP contribution < -0.4 is 8.85 Å². The summed E-state index contributed by atoms with van der Waals surface area (Å²) in [7, 11) is -2.09. The SMILES string of the molecule is CCC(CC)C(=O)/C=C(\O)C(CC)CC.Cc1[c-]c(-c2nccc3cc4c(cc23)O[Si](C)(C)O4)cc(C)c1.[Ir]. The molecule has 1 radical (unpaired) electrons. The Hall–Kier alpha value is -2.47. The maximum atomic E-state index is 11.7. The number of aryl methyl sites for hydroxylation is 2. The smallest absolute Gasteiger partial charge is 0.454 e. The van der Waals surface area contributed by atoms with Crippen molar-refractivity contribution in [2.75, 3.05) is 0 Å². The van der Waals surface area contributed by atoms with Crippen LogP contribution in [0.25, 0.3) is 22.0 Å². The summed E-state index contributed by atoms with van der Waals surface area (Å²) in [6.45, 7) is 16.3. The Labute approximate surface area is 248 Å². The molecule has 0 spiro atoms. The van der Waals surface area contributed by atoms with Crippen LogP contribution in [0.4, 0.5) is 0 Å². The molecule has 0 amide bonds. The minimum Gasteiger partial charge on any atom is -0.512 e. The molecule has 213 valence electrons. The molecule has 1 N–H and O–H groups in total. The zero-order chi connectivity index (χ0) is 28.0. The van der Waals surface area contributed by atoms with E-state index in [0.717, 1.165) is 64.8 Å². The maximum Gasteiger partial charge on any atom is 0.454 e. The first-order valence-electron chi connectivity index (χ1n) is 13.8. The molecule has 3 aromatic rings. The van der Waals surface area contributed by atoms with Gasteiger partial charge in [-0.05, 0) is 60.3 Å². The van der Waals surface area contributed by atoms with Gasteiger partial charge in [0.05, 0.1) is 5.76 Å². The molecule has 5 nitrogen and oxygen atoms in total. The minimum atomic E-state index is -2.09. The molecule has 0 saturated carbocycles. The molecule has 0 atom stereocenters. The van der Waals surface area contributed by atoms with E-state index < -0.39 is 8.56 Å². The molecule has 0 saturated heterocycles. The summed E-state index contributed by atoms with van der Waals surface area (Å²) in [5.41, 5.74) is 4.29. The number of pyridine rings is 1. The summed E-state index contributed by atoms with van der Waals surface area (Å²) < 4.78 is 12.0. The van der Waals surface area contributed by atoms with Crippen molar-refractivity contribution in [3.8, 4) is 22.8 Å². The molecule has 0 fully saturated rings. The topological polar surface area (TPSA) is 68.7 Å². The number of aliphatic hydroxyl groups excluding tert-OH is 1. The molecule has 2 heterocycles. The first kappa shape index (κ1) is 32.7. The van der Waals surface area contributed by atoms with E-state index in [2.05, 4.69) is 62.3 Å². The molecule has 7 heteroatoms. The van der Waals surface area contributed by atoms with Gasteiger partial charge < -0.3 is 18.9 Å². The van der Waals surface area contributed by atoms with E-state index in [1.807, 2.05) is 40.0 Å². The average molecular weight is 725 g/mol. The number of aromatic nitrogens is 1. The van der Waals surface area contributed by atoms with Crippen LogP contribution >= 0.6 is 0 Å². The number of benzene rings is 2. The van der Waals surface area contributed by atoms with E-state index >= 15 is 0 Å². The number of allylic oxidation sites excluding steroid dienone is 2. The van der Waals surface area contributed by atoms with Crippen LogP contribution in [0.3, 0.4) is 0 Å². The van der Waals surface area contributed by atoms with Crippen molar-refractivity contribution >= 4 is 25.1 Å². The number of hydrogen-bond donors (Lipinski definition) is 1. The van der Waals surface area contributed by atoms with Crippen molar-refractivity contribution in [3.05, 3.63) is 65.6 Å². The monoisotopic (exact) mass is 725 g/mol. The van der Waals surface area contributed by atoms with Gasteiger partial charge in [-0.1, -0.05) is 41.5 Å². The Kier molecular flexibility index (Phi) is 12.0. The molecule has 1 aliphatic heterocycles. The van der Waals surface area contributed by atoms with Crippen LogP contribution in [0.2, 0.25) is 13.1 Å². The van der Waals surface area contributed by atoms with Crippen LogP contribution in [0.5, 0.6) is 11.5 Å². The number of hydrogen-bond acceptors (Lipinski definition) is 5. The van der Waals surface area contributed by atoms with E-state index in [1.165, 1.54) is 11.6 Å². The average Bonchev–Trinajstić information content (AvgIpc) is 3.16. The van der Waals surface area contributed by atoms with Crippen molar-refractivity contribution in [2.24, 2.45) is 11.8 Å². The standard InChI is InChI=1S/C19H18NO2Si.C13H24O2.Ir/c1-12-7-13(2)9-15(8-12)19-16-11-18-17(21-23(3,4)22-18)10-14(16)5-6-20-19;1-5-10(6-2)12(14)9-13(15)11(7-3)8-4;/h5-8,10-11H,1-4H3;9-11,14H,5-8H2,1-4H3;/q-1;;/b;12-9-;. The van der Waals surface area contributed by atoms with Gasteiger partial charge in [-0.2, -0.15) is 0 Å². The van der Waals surface area contributed by atoms with E-state index in [1.54, 1.807) is 0 Å². The number of aliphatic hydroxyl groups is 1. The second-order valence-corrected chi connectivity index (χ2v) is 13.7. The first-order valence-corrected chi connectivity index (χ1v) is 16.6. The fraction of sp³-hybridized carbons (Fsp3) is 0.438. The molecule has 0 bridgehead atoms. The van der Waals surface area contributed by atoms with Crippen LogP contribution in [0.15, 0.2) is 48.4 Å². The summed E-state index contributed by atoms with van der Waals surface area (Å²) in [6.07, 6.45) is 6.75. The summed E-state index contributed by atoms with van der Waals surface area (Å²) in [4.78, 5) is 16.3. The van der Waals surface area contributed by atoms with E-state index in [-0.39, 0.29) is 43.5 Å². The molecule has 0 aliphatic carbocycles. The Morgan fingerprint density at radius 2 is 1.56 bits per heavy atom. The number of nitrogens with zero attached hydrogens (tertiary/aromatic N) is 1. The fourth-order valence-electron chi connectivity index (χ4n) is 4.91. The van der Waals surface area contributed by atoms with Crippen molar-refractivity contribution in [1.82, 2.24) is 4.98 Å². The van der Waals surface area contributed by atoms with Crippen molar-refractivity contribution in [2.45, 2.75) is 80.3 Å². The van der Waals surface area contributed by atoms with Crippen molar-refractivity contribution in [3.63, 3.8) is 0 Å². The molecule has 39 heavy (non-hydrogen) atoms. The predicted octanol–water partition coefficient (Wildman–Crippen LogP) is 8.66. The normalized spacial score (nSPS) is 13.7. The van der Waals surface area contributed by atoms with E-state index in [9.17, 15) is 9.90 Å². The number of rotatable bonds is 8. The van der Waals surface area contributed by atoms with Crippen LogP contribution in [0, 0.1) is 31.7 Å². The molecule has 1 aromatic heterocycles. The largest absolute Gasteiger partial charge is 0.512 e. The third-order valence-corrected chi connectivity index (χ3v) is 8.45. The second-order valence-electron chi connectivity index (χ2n) is 10.5. The Balaban J connectivity index is 0.000000294. The van der Waals surface area contributed by atoms with Crippen molar-refractivity contribution < 1.29 is 38.9 Å². The molecular formula is C32H42IrNO4Si-. The Morgan fingerprint density at radius 1 is 0.974 bits per heavy atom.